The van der Waals surface area contributed by atoms with Crippen LogP contribution in [0.1, 0.15) is 21.7 Å². The van der Waals surface area contributed by atoms with Gasteiger partial charge in [-0.3, -0.25) is 9.78 Å². The number of carbonyl (C=O) groups is 1. The molecule has 4 rings (SSSR count). The number of pyridine rings is 2. The Morgan fingerprint density at radius 2 is 2.08 bits per heavy atom. The van der Waals surface area contributed by atoms with E-state index in [9.17, 15) is 4.79 Å². The molecule has 124 valence electrons. The lowest BCUT2D eigenvalue weighted by Crippen LogP contribution is -2.03. The van der Waals surface area contributed by atoms with Crippen molar-refractivity contribution in [2.24, 2.45) is 7.05 Å². The molecule has 4 aromatic rings. The number of rotatable bonds is 4. The molecule has 5 heteroatoms. The van der Waals surface area contributed by atoms with Gasteiger partial charge in [0.15, 0.2) is 5.78 Å². The molecule has 0 fully saturated rings. The molecule has 0 saturated heterocycles. The lowest BCUT2D eigenvalue weighted by molar-refractivity contribution is 0.0994. The summed E-state index contributed by atoms with van der Waals surface area (Å²) in [7, 11) is 1.97. The molecule has 5 nitrogen and oxygen atoms in total. The van der Waals surface area contributed by atoms with Crippen molar-refractivity contribution >= 4 is 11.3 Å². The van der Waals surface area contributed by atoms with E-state index in [1.54, 1.807) is 12.4 Å². The Hall–Kier alpha value is -3.21. The van der Waals surface area contributed by atoms with Crippen molar-refractivity contribution in [2.45, 2.75) is 13.3 Å². The van der Waals surface area contributed by atoms with Crippen molar-refractivity contribution in [3.8, 4) is 11.4 Å². The number of aryl methyl sites for hydroxylation is 2. The number of nitrogens with zero attached hydrogens (tertiary/aromatic N) is 4. The SMILES string of the molecule is Cc1nc(-c2cc(C(=O)Cc3cccnc3)c3ccccn23)cn1C. The number of hydrogen-bond acceptors (Lipinski definition) is 3. The molecule has 4 aromatic heterocycles. The van der Waals surface area contributed by atoms with Crippen LogP contribution in [-0.2, 0) is 13.5 Å². The standard InChI is InChI=1S/C20H18N4O/c1-14-22-17(13-23(14)2)19-11-16(18-7-3-4-9-24(18)19)20(25)10-15-6-5-8-21-12-15/h3-9,11-13H,10H2,1-2H3. The summed E-state index contributed by atoms with van der Waals surface area (Å²) in [4.78, 5) is 21.6. The molecular formula is C20H18N4O. The van der Waals surface area contributed by atoms with Crippen LogP contribution in [-0.4, -0.2) is 24.7 Å². The van der Waals surface area contributed by atoms with Crippen LogP contribution in [0, 0.1) is 6.92 Å². The summed E-state index contributed by atoms with van der Waals surface area (Å²) in [6.07, 6.45) is 7.74. The van der Waals surface area contributed by atoms with Gasteiger partial charge in [0.05, 0.1) is 11.2 Å². The van der Waals surface area contributed by atoms with E-state index in [-0.39, 0.29) is 5.78 Å². The number of aromatic nitrogens is 4. The van der Waals surface area contributed by atoms with Gasteiger partial charge in [-0.15, -0.1) is 0 Å². The maximum absolute atomic E-state index is 12.9. The van der Waals surface area contributed by atoms with E-state index in [2.05, 4.69) is 9.97 Å². The molecule has 0 unspecified atom stereocenters. The Morgan fingerprint density at radius 3 is 2.80 bits per heavy atom. The lowest BCUT2D eigenvalue weighted by Gasteiger charge is -2.01. The van der Waals surface area contributed by atoms with Crippen molar-refractivity contribution in [2.75, 3.05) is 0 Å². The van der Waals surface area contributed by atoms with E-state index >= 15 is 0 Å². The molecule has 0 bridgehead atoms. The van der Waals surface area contributed by atoms with Crippen molar-refractivity contribution in [3.63, 3.8) is 0 Å². The predicted octanol–water partition coefficient (Wildman–Crippen LogP) is 3.47. The molecule has 4 heterocycles. The topological polar surface area (TPSA) is 52.2 Å². The molecule has 0 aromatic carbocycles. The molecule has 0 aliphatic carbocycles. The van der Waals surface area contributed by atoms with Gasteiger partial charge < -0.3 is 8.97 Å². The third-order valence-electron chi connectivity index (χ3n) is 4.44. The summed E-state index contributed by atoms with van der Waals surface area (Å²) >= 11 is 0. The summed E-state index contributed by atoms with van der Waals surface area (Å²) in [6.45, 7) is 1.97. The second kappa shape index (κ2) is 6.02. The van der Waals surface area contributed by atoms with Gasteiger partial charge in [0.2, 0.25) is 0 Å². The van der Waals surface area contributed by atoms with Crippen LogP contribution in [0.4, 0.5) is 0 Å². The van der Waals surface area contributed by atoms with Crippen molar-refractivity contribution in [1.29, 1.82) is 0 Å². The number of ketones is 1. The highest BCUT2D eigenvalue weighted by Gasteiger charge is 2.18. The highest BCUT2D eigenvalue weighted by molar-refractivity contribution is 6.05. The van der Waals surface area contributed by atoms with Gasteiger partial charge in [0.25, 0.3) is 0 Å². The molecular weight excluding hydrogens is 312 g/mol. The monoisotopic (exact) mass is 330 g/mol. The lowest BCUT2D eigenvalue weighted by atomic mass is 10.0. The summed E-state index contributed by atoms with van der Waals surface area (Å²) in [5.74, 6) is 1.01. The van der Waals surface area contributed by atoms with Crippen LogP contribution in [0.25, 0.3) is 16.9 Å². The first-order chi connectivity index (χ1) is 12.1. The van der Waals surface area contributed by atoms with Gasteiger partial charge in [-0.25, -0.2) is 4.98 Å². The van der Waals surface area contributed by atoms with Crippen LogP contribution < -0.4 is 0 Å². The fourth-order valence-corrected chi connectivity index (χ4v) is 3.04. The Morgan fingerprint density at radius 1 is 1.20 bits per heavy atom. The maximum Gasteiger partial charge on any atom is 0.169 e. The zero-order valence-corrected chi connectivity index (χ0v) is 14.2. The van der Waals surface area contributed by atoms with Crippen molar-refractivity contribution < 1.29 is 4.79 Å². The molecule has 0 atom stereocenters. The second-order valence-corrected chi connectivity index (χ2v) is 6.14. The van der Waals surface area contributed by atoms with E-state index in [0.29, 0.717) is 12.0 Å². The molecule has 0 spiro atoms. The average Bonchev–Trinajstić information content (AvgIpc) is 3.16. The van der Waals surface area contributed by atoms with Crippen molar-refractivity contribution in [1.82, 2.24) is 18.9 Å². The van der Waals surface area contributed by atoms with Crippen LogP contribution in [0.15, 0.2) is 61.2 Å². The van der Waals surface area contributed by atoms with Crippen LogP contribution >= 0.6 is 0 Å². The zero-order chi connectivity index (χ0) is 17.4. The van der Waals surface area contributed by atoms with Gasteiger partial charge in [0, 0.05) is 43.8 Å². The zero-order valence-electron chi connectivity index (χ0n) is 14.2. The fourth-order valence-electron chi connectivity index (χ4n) is 3.04. The second-order valence-electron chi connectivity index (χ2n) is 6.14. The highest BCUT2D eigenvalue weighted by Crippen LogP contribution is 2.26. The van der Waals surface area contributed by atoms with Gasteiger partial charge in [-0.2, -0.15) is 0 Å². The van der Waals surface area contributed by atoms with E-state index in [4.69, 9.17) is 0 Å². The van der Waals surface area contributed by atoms with Crippen LogP contribution in [0.2, 0.25) is 0 Å². The molecule has 25 heavy (non-hydrogen) atoms. The fraction of sp³-hybridized carbons (Fsp3) is 0.150. The third kappa shape index (κ3) is 2.74. The van der Waals surface area contributed by atoms with E-state index in [1.807, 2.05) is 71.7 Å². The Labute approximate surface area is 145 Å². The van der Waals surface area contributed by atoms with Gasteiger partial charge in [0.1, 0.15) is 11.5 Å². The van der Waals surface area contributed by atoms with E-state index in [0.717, 1.165) is 28.3 Å². The minimum Gasteiger partial charge on any atom is -0.338 e. The minimum absolute atomic E-state index is 0.0793. The van der Waals surface area contributed by atoms with Crippen LogP contribution in [0.5, 0.6) is 0 Å². The molecule has 0 N–H and O–H groups in total. The number of hydrogen-bond donors (Lipinski definition) is 0. The number of imidazole rings is 1. The summed E-state index contributed by atoms with van der Waals surface area (Å²) in [5, 5.41) is 0. The van der Waals surface area contributed by atoms with E-state index in [1.165, 1.54) is 0 Å². The predicted molar refractivity (Wildman–Crippen MR) is 96.6 cm³/mol. The molecule has 0 aliphatic rings. The average molecular weight is 330 g/mol. The normalized spacial score (nSPS) is 11.1. The molecule has 0 radical (unpaired) electrons. The quantitative estimate of drug-likeness (QED) is 0.538. The number of Topliss-reactive ketones (excluding diaryl/α,β-unsaturated/α-hetero) is 1. The Balaban J connectivity index is 1.81. The molecule has 0 saturated carbocycles. The first kappa shape index (κ1) is 15.3. The number of fused-ring (bicyclic) bond motifs is 1. The Kier molecular flexibility index (Phi) is 3.69. The third-order valence-corrected chi connectivity index (χ3v) is 4.44. The van der Waals surface area contributed by atoms with Gasteiger partial charge in [-0.1, -0.05) is 12.1 Å². The Bertz CT molecular complexity index is 1040. The van der Waals surface area contributed by atoms with Crippen molar-refractivity contribution in [3.05, 3.63) is 78.1 Å². The first-order valence-electron chi connectivity index (χ1n) is 8.16. The smallest absolute Gasteiger partial charge is 0.169 e. The first-order valence-corrected chi connectivity index (χ1v) is 8.16. The van der Waals surface area contributed by atoms with Gasteiger partial charge in [-0.05, 0) is 36.8 Å². The largest absolute Gasteiger partial charge is 0.338 e. The summed E-state index contributed by atoms with van der Waals surface area (Å²) in [5.41, 5.74) is 4.31. The summed E-state index contributed by atoms with van der Waals surface area (Å²) < 4.78 is 4.01. The van der Waals surface area contributed by atoms with E-state index < -0.39 is 0 Å². The van der Waals surface area contributed by atoms with Crippen LogP contribution in [0.3, 0.4) is 0 Å². The highest BCUT2D eigenvalue weighted by atomic mass is 16.1. The number of carbonyl (C=O) groups excluding carboxylic acids is 1. The molecule has 0 amide bonds. The molecule has 0 aliphatic heterocycles. The summed E-state index contributed by atoms with van der Waals surface area (Å²) in [6, 6.07) is 11.6. The van der Waals surface area contributed by atoms with Gasteiger partial charge >= 0.3 is 0 Å². The maximum atomic E-state index is 12.9. The minimum atomic E-state index is 0.0793.